The second kappa shape index (κ2) is 7.69. The number of pyridine rings is 1. The van der Waals surface area contributed by atoms with Gasteiger partial charge in [0.2, 0.25) is 0 Å². The van der Waals surface area contributed by atoms with Gasteiger partial charge in [0.25, 0.3) is 0 Å². The van der Waals surface area contributed by atoms with Crippen LogP contribution in [0.5, 0.6) is 0 Å². The lowest BCUT2D eigenvalue weighted by molar-refractivity contribution is 0.244. The Morgan fingerprint density at radius 3 is 2.82 bits per heavy atom. The van der Waals surface area contributed by atoms with E-state index in [4.69, 9.17) is 11.6 Å². The summed E-state index contributed by atoms with van der Waals surface area (Å²) in [6, 6.07) is 1.54. The third-order valence-electron chi connectivity index (χ3n) is 4.49. The maximum atomic E-state index is 12.9. The summed E-state index contributed by atoms with van der Waals surface area (Å²) in [5.41, 5.74) is 1.58. The lowest BCUT2D eigenvalue weighted by atomic mass is 9.95. The number of fused-ring (bicyclic) bond motifs is 1. The number of carbonyl (C=O) groups excluding carboxylic acids is 1. The van der Waals surface area contributed by atoms with Crippen LogP contribution in [0.1, 0.15) is 12.0 Å². The van der Waals surface area contributed by atoms with E-state index < -0.39 is 0 Å². The molecule has 0 saturated carbocycles. The Kier molecular flexibility index (Phi) is 5.11. The zero-order chi connectivity index (χ0) is 19.7. The van der Waals surface area contributed by atoms with Crippen LogP contribution in [0.3, 0.4) is 0 Å². The topological polar surface area (TPSA) is 112 Å². The molecule has 4 heterocycles. The highest BCUT2D eigenvalue weighted by atomic mass is 79.9. The number of halogens is 2. The average molecular weight is 462 g/mol. The molecule has 0 spiro atoms. The van der Waals surface area contributed by atoms with Crippen LogP contribution in [0.4, 0.5) is 10.5 Å². The minimum absolute atomic E-state index is 0.294. The summed E-state index contributed by atoms with van der Waals surface area (Å²) in [5, 5.41) is 20.8. The number of hydrogen-bond donors (Lipinski definition) is 1. The van der Waals surface area contributed by atoms with Crippen LogP contribution in [0.25, 0.3) is 5.82 Å². The average Bonchev–Trinajstić information content (AvgIpc) is 3.22. The fourth-order valence-electron chi connectivity index (χ4n) is 3.17. The summed E-state index contributed by atoms with van der Waals surface area (Å²) < 4.78 is 0.782. The largest absolute Gasteiger partial charge is 0.330 e. The van der Waals surface area contributed by atoms with Crippen LogP contribution >= 0.6 is 27.5 Å². The van der Waals surface area contributed by atoms with Crippen LogP contribution in [0.2, 0.25) is 0 Å². The van der Waals surface area contributed by atoms with Gasteiger partial charge in [-0.3, -0.25) is 9.88 Å². The fraction of sp³-hybridized carbons (Fsp3) is 0.294. The summed E-state index contributed by atoms with van der Waals surface area (Å²) >= 11 is 9.78. The molecular weight excluding hydrogens is 448 g/mol. The number of aliphatic imine (C=N–C) groups is 1. The van der Waals surface area contributed by atoms with Crippen molar-refractivity contribution in [3.05, 3.63) is 39.9 Å². The van der Waals surface area contributed by atoms with Crippen molar-refractivity contribution >= 4 is 51.3 Å². The van der Waals surface area contributed by atoms with Crippen molar-refractivity contribution in [2.45, 2.75) is 18.9 Å². The highest BCUT2D eigenvalue weighted by Crippen LogP contribution is 2.34. The molecular formula is C17H14BrClN8O. The van der Waals surface area contributed by atoms with Gasteiger partial charge in [0, 0.05) is 29.8 Å². The minimum atomic E-state index is -0.384. The van der Waals surface area contributed by atoms with E-state index in [0.717, 1.165) is 10.0 Å². The van der Waals surface area contributed by atoms with Crippen LogP contribution in [0, 0.1) is 17.2 Å². The maximum absolute atomic E-state index is 12.9. The molecule has 2 aromatic heterocycles. The lowest BCUT2D eigenvalue weighted by Gasteiger charge is -2.33. The molecule has 2 aliphatic heterocycles. The maximum Gasteiger partial charge on any atom is 0.322 e. The number of carbonyl (C=O) groups is 1. The van der Waals surface area contributed by atoms with Crippen LogP contribution in [0.15, 0.2) is 39.3 Å². The first-order valence-electron chi connectivity index (χ1n) is 8.46. The Hall–Kier alpha value is -2.77. The van der Waals surface area contributed by atoms with Gasteiger partial charge in [-0.2, -0.15) is 15.5 Å². The number of urea groups is 1. The monoisotopic (exact) mass is 460 g/mol. The minimum Gasteiger partial charge on any atom is -0.330 e. The van der Waals surface area contributed by atoms with E-state index in [-0.39, 0.29) is 18.0 Å². The van der Waals surface area contributed by atoms with E-state index >= 15 is 0 Å². The van der Waals surface area contributed by atoms with Gasteiger partial charge in [-0.25, -0.2) is 9.79 Å². The number of nitrogens with one attached hydrogen (secondary N) is 1. The molecule has 0 aliphatic carbocycles. The summed E-state index contributed by atoms with van der Waals surface area (Å²) in [5.74, 6) is 0.135. The zero-order valence-corrected chi connectivity index (χ0v) is 16.8. The molecule has 2 atom stereocenters. The number of aromatic nitrogens is 4. The van der Waals surface area contributed by atoms with E-state index in [1.54, 1.807) is 23.5 Å². The number of nitrogens with zero attached hydrogens (tertiary/aromatic N) is 7. The van der Waals surface area contributed by atoms with Crippen molar-refractivity contribution < 1.29 is 4.79 Å². The summed E-state index contributed by atoms with van der Waals surface area (Å²) in [6.07, 6.45) is 8.91. The van der Waals surface area contributed by atoms with Crippen molar-refractivity contribution in [1.29, 1.82) is 5.26 Å². The predicted molar refractivity (Wildman–Crippen MR) is 107 cm³/mol. The van der Waals surface area contributed by atoms with Gasteiger partial charge in [-0.1, -0.05) is 11.6 Å². The third kappa shape index (κ3) is 3.50. The molecule has 9 nitrogen and oxygen atoms in total. The van der Waals surface area contributed by atoms with Crippen LogP contribution < -0.4 is 10.2 Å². The Morgan fingerprint density at radius 2 is 2.11 bits per heavy atom. The van der Waals surface area contributed by atoms with E-state index in [0.29, 0.717) is 35.9 Å². The Morgan fingerprint density at radius 1 is 1.32 bits per heavy atom. The van der Waals surface area contributed by atoms with Gasteiger partial charge in [0.1, 0.15) is 0 Å². The fourth-order valence-corrected chi connectivity index (χ4v) is 3.95. The smallest absolute Gasteiger partial charge is 0.322 e. The van der Waals surface area contributed by atoms with E-state index in [1.165, 1.54) is 17.2 Å². The van der Waals surface area contributed by atoms with Crippen LogP contribution in [-0.2, 0) is 6.42 Å². The standard InChI is InChI=1S/C17H14BrClN8O/c18-13-7-21-8-15-12(13)3-10(5-20)9-26(15)17(28)25-11-4-14(19)16(22-6-11)27-23-1-2-24-27/h1-2,6-8,10-11H,3-4,9H2,(H,25,28). The Bertz CT molecular complexity index is 1010. The molecule has 142 valence electrons. The second-order valence-electron chi connectivity index (χ2n) is 6.35. The molecule has 4 rings (SSSR count). The molecule has 0 fully saturated rings. The molecule has 2 aliphatic rings. The van der Waals surface area contributed by atoms with E-state index in [9.17, 15) is 10.1 Å². The molecule has 2 unspecified atom stereocenters. The van der Waals surface area contributed by atoms with Crippen molar-refractivity contribution in [3.63, 3.8) is 0 Å². The molecule has 11 heteroatoms. The summed E-state index contributed by atoms with van der Waals surface area (Å²) in [7, 11) is 0. The molecule has 1 N–H and O–H groups in total. The first kappa shape index (κ1) is 18.6. The predicted octanol–water partition coefficient (Wildman–Crippen LogP) is 2.56. The third-order valence-corrected chi connectivity index (χ3v) is 5.50. The van der Waals surface area contributed by atoms with Gasteiger partial charge in [-0.15, -0.1) is 4.80 Å². The van der Waals surface area contributed by atoms with Gasteiger partial charge < -0.3 is 5.32 Å². The number of hydrogen-bond acceptors (Lipinski definition) is 6. The molecule has 0 aromatic carbocycles. The quantitative estimate of drug-likeness (QED) is 0.738. The molecule has 2 amide bonds. The zero-order valence-electron chi connectivity index (χ0n) is 14.5. The van der Waals surface area contributed by atoms with Crippen LogP contribution in [-0.4, -0.2) is 44.8 Å². The van der Waals surface area contributed by atoms with Gasteiger partial charge >= 0.3 is 6.03 Å². The number of anilines is 1. The summed E-state index contributed by atoms with van der Waals surface area (Å²) in [4.78, 5) is 24.2. The first-order valence-corrected chi connectivity index (χ1v) is 9.63. The van der Waals surface area contributed by atoms with Gasteiger partial charge in [0.05, 0.1) is 47.3 Å². The van der Waals surface area contributed by atoms with Crippen molar-refractivity contribution in [3.8, 4) is 6.07 Å². The molecule has 0 saturated heterocycles. The first-order chi connectivity index (χ1) is 13.6. The highest BCUT2D eigenvalue weighted by Gasteiger charge is 2.31. The SMILES string of the molecule is N#CC1Cc2c(Br)cncc2N(C(=O)NC2C=NC(n3nccn3)=C(Cl)C2)C1. The molecule has 28 heavy (non-hydrogen) atoms. The normalized spacial score (nSPS) is 21.2. The summed E-state index contributed by atoms with van der Waals surface area (Å²) in [6.45, 7) is 0.295. The van der Waals surface area contributed by atoms with E-state index in [2.05, 4.69) is 47.5 Å². The van der Waals surface area contributed by atoms with Gasteiger partial charge in [-0.05, 0) is 27.9 Å². The molecule has 0 radical (unpaired) electrons. The Balaban J connectivity index is 1.52. The van der Waals surface area contributed by atoms with Crippen molar-refractivity contribution in [2.24, 2.45) is 10.9 Å². The number of amides is 2. The second-order valence-corrected chi connectivity index (χ2v) is 7.66. The lowest BCUT2D eigenvalue weighted by Crippen LogP contribution is -2.49. The Labute approximate surface area is 173 Å². The van der Waals surface area contributed by atoms with Crippen molar-refractivity contribution in [1.82, 2.24) is 25.3 Å². The molecule has 2 aromatic rings. The van der Waals surface area contributed by atoms with Gasteiger partial charge in [0.15, 0.2) is 5.82 Å². The highest BCUT2D eigenvalue weighted by molar-refractivity contribution is 9.10. The molecule has 0 bridgehead atoms. The number of rotatable bonds is 2. The van der Waals surface area contributed by atoms with Crippen molar-refractivity contribution in [2.75, 3.05) is 11.4 Å². The van der Waals surface area contributed by atoms with E-state index in [1.807, 2.05) is 0 Å². The number of nitriles is 1.